The molecule has 5 heteroatoms. The van der Waals surface area contributed by atoms with E-state index in [-0.39, 0.29) is 17.3 Å². The lowest BCUT2D eigenvalue weighted by molar-refractivity contribution is -0.169. The van der Waals surface area contributed by atoms with Crippen LogP contribution in [0.5, 0.6) is 0 Å². The van der Waals surface area contributed by atoms with Crippen molar-refractivity contribution in [2.75, 3.05) is 7.11 Å². The smallest absolute Gasteiger partial charge is 0.331 e. The first-order valence-electron chi connectivity index (χ1n) is 8.64. The number of ether oxygens (including phenoxy) is 1. The Balaban J connectivity index is 1.78. The minimum Gasteiger partial charge on any atom is -0.467 e. The molecular formula is C21H23NO3S. The van der Waals surface area contributed by atoms with E-state index >= 15 is 0 Å². The lowest BCUT2D eigenvalue weighted by atomic mass is 9.88. The number of nitrogens with zero attached hydrogens (tertiary/aromatic N) is 1. The number of carbonyl (C=O) groups is 2. The molecule has 2 aromatic carbocycles. The van der Waals surface area contributed by atoms with Crippen LogP contribution in [-0.2, 0) is 26.5 Å². The Kier molecular flexibility index (Phi) is 5.67. The number of methoxy groups -OCH3 is 1. The van der Waals surface area contributed by atoms with Gasteiger partial charge >= 0.3 is 5.97 Å². The quantitative estimate of drug-likeness (QED) is 0.552. The van der Waals surface area contributed by atoms with Crippen LogP contribution in [0, 0.1) is 0 Å². The minimum atomic E-state index is -1.00. The van der Waals surface area contributed by atoms with Crippen LogP contribution >= 0.6 is 11.8 Å². The zero-order valence-electron chi connectivity index (χ0n) is 15.1. The van der Waals surface area contributed by atoms with Crippen LogP contribution in [-0.4, -0.2) is 34.8 Å². The molecule has 0 bridgehead atoms. The number of rotatable bonds is 7. The van der Waals surface area contributed by atoms with Crippen molar-refractivity contribution in [1.82, 2.24) is 4.90 Å². The van der Waals surface area contributed by atoms with E-state index < -0.39 is 5.54 Å². The fourth-order valence-corrected chi connectivity index (χ4v) is 4.69. The number of carbonyl (C=O) groups excluding carboxylic acids is 2. The van der Waals surface area contributed by atoms with Gasteiger partial charge in [0.15, 0.2) is 0 Å². The van der Waals surface area contributed by atoms with Crippen molar-refractivity contribution >= 4 is 23.6 Å². The van der Waals surface area contributed by atoms with Gasteiger partial charge in [0.25, 0.3) is 0 Å². The monoisotopic (exact) mass is 369 g/mol. The Morgan fingerprint density at radius 1 is 1.12 bits per heavy atom. The minimum absolute atomic E-state index is 0.000562. The first-order chi connectivity index (χ1) is 12.5. The van der Waals surface area contributed by atoms with Crippen molar-refractivity contribution in [3.05, 3.63) is 71.8 Å². The first-order valence-corrected chi connectivity index (χ1v) is 9.69. The van der Waals surface area contributed by atoms with Crippen LogP contribution in [0.2, 0.25) is 0 Å². The number of hydrogen-bond acceptors (Lipinski definition) is 4. The summed E-state index contributed by atoms with van der Waals surface area (Å²) in [6.45, 7) is 1.80. The van der Waals surface area contributed by atoms with Crippen molar-refractivity contribution in [3.63, 3.8) is 0 Å². The molecule has 1 aliphatic rings. The van der Waals surface area contributed by atoms with E-state index in [2.05, 4.69) is 12.1 Å². The summed E-state index contributed by atoms with van der Waals surface area (Å²) in [6.07, 6.45) is 0.896. The van der Waals surface area contributed by atoms with Gasteiger partial charge in [-0.15, -0.1) is 11.8 Å². The molecule has 1 heterocycles. The van der Waals surface area contributed by atoms with Crippen LogP contribution in [0.15, 0.2) is 60.7 Å². The SMILES string of the molecule is COC(=O)C(C)(Cc1ccccc1)N1C(=O)CC1SCc1ccccc1. The molecule has 0 saturated carbocycles. The summed E-state index contributed by atoms with van der Waals surface area (Å²) in [6, 6.07) is 19.9. The third-order valence-electron chi connectivity index (χ3n) is 4.74. The third-order valence-corrected chi connectivity index (χ3v) is 6.00. The summed E-state index contributed by atoms with van der Waals surface area (Å²) in [5, 5.41) is -0.0180. The Hall–Kier alpha value is -2.27. The molecule has 2 aromatic rings. The summed E-state index contributed by atoms with van der Waals surface area (Å²) >= 11 is 1.69. The maximum atomic E-state index is 12.6. The van der Waals surface area contributed by atoms with Crippen LogP contribution in [0.25, 0.3) is 0 Å². The number of likely N-dealkylation sites (tertiary alicyclic amines) is 1. The lowest BCUT2D eigenvalue weighted by Crippen LogP contribution is -2.66. The Morgan fingerprint density at radius 3 is 2.23 bits per heavy atom. The number of esters is 1. The summed E-state index contributed by atoms with van der Waals surface area (Å²) in [7, 11) is 1.38. The van der Waals surface area contributed by atoms with Crippen LogP contribution in [0.3, 0.4) is 0 Å². The van der Waals surface area contributed by atoms with Gasteiger partial charge < -0.3 is 9.64 Å². The Bertz CT molecular complexity index is 765. The number of hydrogen-bond donors (Lipinski definition) is 0. The van der Waals surface area contributed by atoms with Gasteiger partial charge in [-0.3, -0.25) is 4.79 Å². The highest BCUT2D eigenvalue weighted by Gasteiger charge is 2.52. The van der Waals surface area contributed by atoms with E-state index in [1.165, 1.54) is 12.7 Å². The second-order valence-electron chi connectivity index (χ2n) is 6.65. The van der Waals surface area contributed by atoms with Gasteiger partial charge in [0, 0.05) is 12.2 Å². The molecule has 0 aromatic heterocycles. The fourth-order valence-electron chi connectivity index (χ4n) is 3.35. The predicted molar refractivity (Wildman–Crippen MR) is 104 cm³/mol. The normalized spacial score (nSPS) is 18.8. The predicted octanol–water partition coefficient (Wildman–Crippen LogP) is 3.65. The van der Waals surface area contributed by atoms with Gasteiger partial charge in [0.05, 0.1) is 18.9 Å². The molecule has 1 amide bonds. The number of amides is 1. The van der Waals surface area contributed by atoms with Crippen LogP contribution in [0.4, 0.5) is 0 Å². The topological polar surface area (TPSA) is 46.6 Å². The molecule has 0 spiro atoms. The lowest BCUT2D eigenvalue weighted by Gasteiger charge is -2.50. The summed E-state index contributed by atoms with van der Waals surface area (Å²) in [5.41, 5.74) is 1.21. The molecule has 0 N–H and O–H groups in total. The molecule has 4 nitrogen and oxygen atoms in total. The molecule has 2 atom stereocenters. The molecule has 136 valence electrons. The van der Waals surface area contributed by atoms with Gasteiger partial charge in [0.2, 0.25) is 5.91 Å². The average Bonchev–Trinajstić information content (AvgIpc) is 2.65. The van der Waals surface area contributed by atoms with E-state index in [0.29, 0.717) is 12.8 Å². The van der Waals surface area contributed by atoms with Gasteiger partial charge in [-0.2, -0.15) is 0 Å². The summed E-state index contributed by atoms with van der Waals surface area (Å²) < 4.78 is 5.06. The van der Waals surface area contributed by atoms with Gasteiger partial charge in [0.1, 0.15) is 5.54 Å². The Morgan fingerprint density at radius 2 is 1.69 bits per heavy atom. The van der Waals surface area contributed by atoms with Crippen molar-refractivity contribution in [2.24, 2.45) is 0 Å². The van der Waals surface area contributed by atoms with Crippen molar-refractivity contribution in [1.29, 1.82) is 0 Å². The molecule has 1 saturated heterocycles. The fraction of sp³-hybridized carbons (Fsp3) is 0.333. The largest absolute Gasteiger partial charge is 0.467 e. The second kappa shape index (κ2) is 7.96. The van der Waals surface area contributed by atoms with Crippen molar-refractivity contribution in [3.8, 4) is 0 Å². The van der Waals surface area contributed by atoms with Gasteiger partial charge in [-0.25, -0.2) is 4.79 Å². The maximum absolute atomic E-state index is 12.6. The molecular weight excluding hydrogens is 346 g/mol. The number of β-lactam (4-membered cyclic amide) rings is 1. The molecule has 3 rings (SSSR count). The van der Waals surface area contributed by atoms with E-state index in [0.717, 1.165) is 11.3 Å². The van der Waals surface area contributed by atoms with E-state index in [9.17, 15) is 9.59 Å². The number of benzene rings is 2. The standard InChI is InChI=1S/C21H23NO3S/c1-21(20(24)25-2,14-16-9-5-3-6-10-16)22-18(23)13-19(22)26-15-17-11-7-4-8-12-17/h3-12,19H,13-15H2,1-2H3. The van der Waals surface area contributed by atoms with Crippen LogP contribution < -0.4 is 0 Å². The van der Waals surface area contributed by atoms with Crippen LogP contribution in [0.1, 0.15) is 24.5 Å². The van der Waals surface area contributed by atoms with Gasteiger partial charge in [-0.1, -0.05) is 60.7 Å². The summed E-state index contributed by atoms with van der Waals surface area (Å²) in [5.74, 6) is 0.428. The zero-order valence-corrected chi connectivity index (χ0v) is 15.9. The van der Waals surface area contributed by atoms with E-state index in [4.69, 9.17) is 4.74 Å². The maximum Gasteiger partial charge on any atom is 0.331 e. The first kappa shape index (κ1) is 18.5. The summed E-state index contributed by atoms with van der Waals surface area (Å²) in [4.78, 5) is 26.7. The molecule has 0 radical (unpaired) electrons. The molecule has 2 unspecified atom stereocenters. The van der Waals surface area contributed by atoms with Crippen molar-refractivity contribution < 1.29 is 14.3 Å². The highest BCUT2D eigenvalue weighted by molar-refractivity contribution is 7.99. The highest BCUT2D eigenvalue weighted by atomic mass is 32.2. The molecule has 26 heavy (non-hydrogen) atoms. The van der Waals surface area contributed by atoms with Gasteiger partial charge in [-0.05, 0) is 18.1 Å². The molecule has 0 aliphatic carbocycles. The average molecular weight is 369 g/mol. The third kappa shape index (κ3) is 3.78. The highest BCUT2D eigenvalue weighted by Crippen LogP contribution is 2.39. The van der Waals surface area contributed by atoms with Crippen molar-refractivity contribution in [2.45, 2.75) is 36.4 Å². The molecule has 1 fully saturated rings. The van der Waals surface area contributed by atoms with E-state index in [1.54, 1.807) is 23.6 Å². The zero-order chi connectivity index (χ0) is 18.6. The Labute approximate surface area is 158 Å². The second-order valence-corrected chi connectivity index (χ2v) is 7.81. The molecule has 1 aliphatic heterocycles. The number of thioether (sulfide) groups is 1. The van der Waals surface area contributed by atoms with E-state index in [1.807, 2.05) is 48.5 Å².